The Morgan fingerprint density at radius 1 is 0.967 bits per heavy atom. The van der Waals surface area contributed by atoms with Crippen molar-refractivity contribution in [1.29, 1.82) is 0 Å². The number of nitrogens with one attached hydrogen (secondary N) is 4. The van der Waals surface area contributed by atoms with Gasteiger partial charge >= 0.3 is 0 Å². The fraction of sp³-hybridized carbons (Fsp3) is 0.238. The highest BCUT2D eigenvalue weighted by Gasteiger charge is 2.13. The van der Waals surface area contributed by atoms with Crippen LogP contribution in [0.15, 0.2) is 42.5 Å². The molecule has 0 aliphatic heterocycles. The van der Waals surface area contributed by atoms with Gasteiger partial charge in [0.1, 0.15) is 5.75 Å². The highest BCUT2D eigenvalue weighted by atomic mass is 32.1. The van der Waals surface area contributed by atoms with Crippen molar-refractivity contribution < 1.29 is 19.1 Å². The van der Waals surface area contributed by atoms with Crippen LogP contribution >= 0.6 is 12.2 Å². The van der Waals surface area contributed by atoms with Gasteiger partial charge in [-0.3, -0.25) is 30.6 Å². The minimum Gasteiger partial charge on any atom is -0.496 e. The highest BCUT2D eigenvalue weighted by molar-refractivity contribution is 7.80. The molecule has 2 rings (SSSR count). The van der Waals surface area contributed by atoms with Crippen molar-refractivity contribution in [3.8, 4) is 5.75 Å². The van der Waals surface area contributed by atoms with E-state index in [-0.39, 0.29) is 23.9 Å². The summed E-state index contributed by atoms with van der Waals surface area (Å²) in [6, 6.07) is 12.4. The summed E-state index contributed by atoms with van der Waals surface area (Å²) in [4.78, 5) is 36.2. The molecule has 8 nitrogen and oxygen atoms in total. The molecule has 30 heavy (non-hydrogen) atoms. The van der Waals surface area contributed by atoms with Crippen LogP contribution in [0.2, 0.25) is 0 Å². The molecule has 2 aromatic rings. The van der Waals surface area contributed by atoms with Crippen molar-refractivity contribution in [3.05, 3.63) is 59.2 Å². The van der Waals surface area contributed by atoms with E-state index in [1.165, 1.54) is 7.11 Å². The smallest absolute Gasteiger partial charge is 0.261 e. The summed E-state index contributed by atoms with van der Waals surface area (Å²) in [5, 5.41) is 5.14. The number of anilines is 1. The first kappa shape index (κ1) is 22.8. The van der Waals surface area contributed by atoms with Gasteiger partial charge < -0.3 is 10.1 Å². The summed E-state index contributed by atoms with van der Waals surface area (Å²) in [5.74, 6) is -0.799. The molecule has 3 amide bonds. The minimum absolute atomic E-state index is 0.00116. The van der Waals surface area contributed by atoms with Gasteiger partial charge in [0.2, 0.25) is 11.8 Å². The Kier molecular flexibility index (Phi) is 8.30. The average Bonchev–Trinajstić information content (AvgIpc) is 2.72. The molecule has 9 heteroatoms. The summed E-state index contributed by atoms with van der Waals surface area (Å²) in [5.41, 5.74) is 7.85. The molecule has 0 fully saturated rings. The van der Waals surface area contributed by atoms with Gasteiger partial charge in [0.15, 0.2) is 5.11 Å². The standard InChI is InChI=1S/C21H24N4O4S/c1-13-8-9-16(14(2)12-13)22-18(26)10-11-19(27)24-25-21(30)23-20(28)15-6-4-5-7-17(15)29-3/h4-9,12H,10-11H2,1-3H3,(H,22,26)(H,24,27)(H2,23,25,28,30). The number of aryl methyl sites for hydroxylation is 2. The fourth-order valence-electron chi connectivity index (χ4n) is 2.62. The van der Waals surface area contributed by atoms with Gasteiger partial charge in [0, 0.05) is 18.5 Å². The van der Waals surface area contributed by atoms with Crippen LogP contribution in [-0.2, 0) is 9.59 Å². The van der Waals surface area contributed by atoms with E-state index in [1.54, 1.807) is 24.3 Å². The van der Waals surface area contributed by atoms with Crippen molar-refractivity contribution in [3.63, 3.8) is 0 Å². The number of carbonyl (C=O) groups excluding carboxylic acids is 3. The number of amides is 3. The van der Waals surface area contributed by atoms with Crippen LogP contribution in [0.3, 0.4) is 0 Å². The number of hydrogen-bond donors (Lipinski definition) is 4. The quantitative estimate of drug-likeness (QED) is 0.416. The highest BCUT2D eigenvalue weighted by Crippen LogP contribution is 2.17. The molecule has 158 valence electrons. The number of hydrogen-bond acceptors (Lipinski definition) is 5. The maximum atomic E-state index is 12.2. The predicted octanol–water partition coefficient (Wildman–Crippen LogP) is 2.37. The molecule has 0 saturated heterocycles. The minimum atomic E-state index is -0.480. The molecule has 0 atom stereocenters. The van der Waals surface area contributed by atoms with Crippen molar-refractivity contribution in [2.45, 2.75) is 26.7 Å². The lowest BCUT2D eigenvalue weighted by atomic mass is 10.1. The van der Waals surface area contributed by atoms with Gasteiger partial charge in [-0.05, 0) is 49.8 Å². The van der Waals surface area contributed by atoms with E-state index >= 15 is 0 Å². The molecule has 0 saturated carbocycles. The Morgan fingerprint density at radius 3 is 2.37 bits per heavy atom. The molecular weight excluding hydrogens is 404 g/mol. The Morgan fingerprint density at radius 2 is 1.67 bits per heavy atom. The normalized spacial score (nSPS) is 9.97. The Labute approximate surface area is 180 Å². The van der Waals surface area contributed by atoms with E-state index in [9.17, 15) is 14.4 Å². The maximum Gasteiger partial charge on any atom is 0.261 e. The van der Waals surface area contributed by atoms with Gasteiger partial charge in [-0.25, -0.2) is 0 Å². The second-order valence-electron chi connectivity index (χ2n) is 6.52. The molecule has 0 heterocycles. The zero-order valence-electron chi connectivity index (χ0n) is 17.0. The first-order chi connectivity index (χ1) is 14.3. The average molecular weight is 429 g/mol. The second kappa shape index (κ2) is 10.9. The van der Waals surface area contributed by atoms with Crippen LogP contribution in [0.25, 0.3) is 0 Å². The van der Waals surface area contributed by atoms with Crippen molar-refractivity contribution in [2.24, 2.45) is 0 Å². The van der Waals surface area contributed by atoms with Crippen molar-refractivity contribution >= 4 is 40.7 Å². The number of para-hydroxylation sites is 1. The van der Waals surface area contributed by atoms with Gasteiger partial charge in [-0.2, -0.15) is 0 Å². The molecule has 0 aromatic heterocycles. The SMILES string of the molecule is COc1ccccc1C(=O)NC(=S)NNC(=O)CCC(=O)Nc1ccc(C)cc1C. The summed E-state index contributed by atoms with van der Waals surface area (Å²) in [6.45, 7) is 3.87. The van der Waals surface area contributed by atoms with Gasteiger partial charge in [0.05, 0.1) is 12.7 Å². The monoisotopic (exact) mass is 428 g/mol. The van der Waals surface area contributed by atoms with Crippen LogP contribution < -0.4 is 26.2 Å². The Bertz CT molecular complexity index is 962. The summed E-state index contributed by atoms with van der Waals surface area (Å²) >= 11 is 5.00. The predicted molar refractivity (Wildman–Crippen MR) is 118 cm³/mol. The van der Waals surface area contributed by atoms with E-state index in [0.29, 0.717) is 17.0 Å². The number of ether oxygens (including phenoxy) is 1. The summed E-state index contributed by atoms with van der Waals surface area (Å²) in [7, 11) is 1.46. The number of benzene rings is 2. The maximum absolute atomic E-state index is 12.2. The number of thiocarbonyl (C=S) groups is 1. The van der Waals surface area contributed by atoms with Crippen LogP contribution in [0.5, 0.6) is 5.75 Å². The topological polar surface area (TPSA) is 109 Å². The molecule has 0 radical (unpaired) electrons. The van der Waals surface area contributed by atoms with E-state index in [4.69, 9.17) is 17.0 Å². The third-order valence-electron chi connectivity index (χ3n) is 4.13. The van der Waals surface area contributed by atoms with E-state index < -0.39 is 11.8 Å². The third-order valence-corrected chi connectivity index (χ3v) is 4.33. The molecule has 0 spiro atoms. The lowest BCUT2D eigenvalue weighted by Gasteiger charge is -2.12. The molecule has 0 aliphatic carbocycles. The largest absolute Gasteiger partial charge is 0.496 e. The van der Waals surface area contributed by atoms with Crippen LogP contribution in [0.1, 0.15) is 34.3 Å². The number of carbonyl (C=O) groups is 3. The summed E-state index contributed by atoms with van der Waals surface area (Å²) < 4.78 is 5.12. The summed E-state index contributed by atoms with van der Waals surface area (Å²) in [6.07, 6.45) is -0.0476. The molecule has 2 aromatic carbocycles. The van der Waals surface area contributed by atoms with Crippen molar-refractivity contribution in [2.75, 3.05) is 12.4 Å². The first-order valence-corrected chi connectivity index (χ1v) is 9.61. The van der Waals surface area contributed by atoms with Crippen LogP contribution in [0, 0.1) is 13.8 Å². The van der Waals surface area contributed by atoms with E-state index in [1.807, 2.05) is 32.0 Å². The van der Waals surface area contributed by atoms with Gasteiger partial charge in [-0.15, -0.1) is 0 Å². The molecule has 0 bridgehead atoms. The molecule has 0 aliphatic rings. The van der Waals surface area contributed by atoms with Crippen LogP contribution in [0.4, 0.5) is 5.69 Å². The number of rotatable bonds is 6. The third kappa shape index (κ3) is 6.85. The zero-order valence-corrected chi connectivity index (χ0v) is 17.8. The second-order valence-corrected chi connectivity index (χ2v) is 6.93. The molecule has 4 N–H and O–H groups in total. The zero-order chi connectivity index (χ0) is 22.1. The number of hydrazine groups is 1. The van der Waals surface area contributed by atoms with Crippen LogP contribution in [-0.4, -0.2) is 29.9 Å². The van der Waals surface area contributed by atoms with Gasteiger partial charge in [-0.1, -0.05) is 29.8 Å². The lowest BCUT2D eigenvalue weighted by Crippen LogP contribution is -2.48. The Hall–Kier alpha value is -3.46. The molecular formula is C21H24N4O4S. The first-order valence-electron chi connectivity index (χ1n) is 9.20. The van der Waals surface area contributed by atoms with E-state index in [2.05, 4.69) is 21.5 Å². The van der Waals surface area contributed by atoms with Gasteiger partial charge in [0.25, 0.3) is 5.91 Å². The fourth-order valence-corrected chi connectivity index (χ4v) is 2.76. The lowest BCUT2D eigenvalue weighted by molar-refractivity contribution is -0.124. The Balaban J connectivity index is 1.74. The number of methoxy groups -OCH3 is 1. The van der Waals surface area contributed by atoms with Crippen molar-refractivity contribution in [1.82, 2.24) is 16.2 Å². The van der Waals surface area contributed by atoms with E-state index in [0.717, 1.165) is 11.1 Å². The molecule has 0 unspecified atom stereocenters.